The minimum atomic E-state index is -0.665. The lowest BCUT2D eigenvalue weighted by molar-refractivity contribution is 0.111. The number of phenols is 1. The van der Waals surface area contributed by atoms with Crippen molar-refractivity contribution in [2.45, 2.75) is 13.3 Å². The first-order valence-electron chi connectivity index (χ1n) is 3.65. The highest BCUT2D eigenvalue weighted by molar-refractivity contribution is 5.79. The van der Waals surface area contributed by atoms with Crippen molar-refractivity contribution in [1.29, 1.82) is 0 Å². The average molecular weight is 168 g/mol. The zero-order valence-corrected chi connectivity index (χ0v) is 6.67. The molecular weight excluding hydrogens is 159 g/mol. The summed E-state index contributed by atoms with van der Waals surface area (Å²) < 4.78 is 12.9. The third-order valence-corrected chi connectivity index (χ3v) is 1.69. The van der Waals surface area contributed by atoms with Gasteiger partial charge in [-0.15, -0.1) is 0 Å². The smallest absolute Gasteiger partial charge is 0.156 e. The van der Waals surface area contributed by atoms with Crippen LogP contribution in [0.1, 0.15) is 22.8 Å². The van der Waals surface area contributed by atoms with E-state index in [4.69, 9.17) is 5.11 Å². The van der Waals surface area contributed by atoms with Crippen molar-refractivity contribution in [2.75, 3.05) is 0 Å². The van der Waals surface area contributed by atoms with Crippen molar-refractivity contribution < 1.29 is 14.3 Å². The molecule has 0 spiro atoms. The Morgan fingerprint density at radius 3 is 2.67 bits per heavy atom. The fourth-order valence-electron chi connectivity index (χ4n) is 0.979. The fourth-order valence-corrected chi connectivity index (χ4v) is 0.979. The van der Waals surface area contributed by atoms with Gasteiger partial charge in [0.1, 0.15) is 11.6 Å². The van der Waals surface area contributed by atoms with Crippen LogP contribution in [0, 0.1) is 5.82 Å². The molecule has 0 bridgehead atoms. The largest absolute Gasteiger partial charge is 0.507 e. The lowest BCUT2D eigenvalue weighted by Crippen LogP contribution is -1.91. The predicted molar refractivity (Wildman–Crippen MR) is 42.8 cm³/mol. The maximum atomic E-state index is 12.9. The van der Waals surface area contributed by atoms with Crippen molar-refractivity contribution in [3.05, 3.63) is 29.1 Å². The number of carbonyl (C=O) groups is 1. The van der Waals surface area contributed by atoms with E-state index in [2.05, 4.69) is 0 Å². The topological polar surface area (TPSA) is 37.3 Å². The van der Waals surface area contributed by atoms with E-state index in [9.17, 15) is 9.18 Å². The summed E-state index contributed by atoms with van der Waals surface area (Å²) >= 11 is 0. The third kappa shape index (κ3) is 1.44. The number of aldehydes is 1. The molecule has 1 aromatic carbocycles. The van der Waals surface area contributed by atoms with Gasteiger partial charge < -0.3 is 5.11 Å². The Hall–Kier alpha value is -1.38. The van der Waals surface area contributed by atoms with Crippen LogP contribution < -0.4 is 0 Å². The summed E-state index contributed by atoms with van der Waals surface area (Å²) in [5, 5.41) is 9.13. The Kier molecular flexibility index (Phi) is 2.43. The van der Waals surface area contributed by atoms with E-state index in [0.29, 0.717) is 18.3 Å². The molecule has 2 nitrogen and oxygen atoms in total. The molecule has 1 aromatic rings. The molecule has 0 aliphatic carbocycles. The van der Waals surface area contributed by atoms with Crippen LogP contribution in [0.15, 0.2) is 12.1 Å². The molecule has 3 heteroatoms. The van der Waals surface area contributed by atoms with Crippen LogP contribution in [0.25, 0.3) is 0 Å². The second kappa shape index (κ2) is 3.34. The number of hydrogen-bond donors (Lipinski definition) is 1. The Morgan fingerprint density at radius 2 is 2.25 bits per heavy atom. The van der Waals surface area contributed by atoms with Crippen LogP contribution in [0.4, 0.5) is 4.39 Å². The molecule has 0 heterocycles. The number of carbonyl (C=O) groups excluding carboxylic acids is 1. The molecule has 0 radical (unpaired) electrons. The summed E-state index contributed by atoms with van der Waals surface area (Å²) in [4.78, 5) is 10.2. The van der Waals surface area contributed by atoms with Crippen LogP contribution in [-0.4, -0.2) is 11.4 Å². The molecule has 0 saturated carbocycles. The molecule has 64 valence electrons. The maximum Gasteiger partial charge on any atom is 0.156 e. The zero-order chi connectivity index (χ0) is 9.14. The first-order valence-corrected chi connectivity index (χ1v) is 3.65. The van der Waals surface area contributed by atoms with Crippen LogP contribution in [0.3, 0.4) is 0 Å². The van der Waals surface area contributed by atoms with E-state index < -0.39 is 5.82 Å². The van der Waals surface area contributed by atoms with Gasteiger partial charge in [-0.2, -0.15) is 0 Å². The maximum absolute atomic E-state index is 12.9. The lowest BCUT2D eigenvalue weighted by atomic mass is 10.1. The number of phenolic OH excluding ortho intramolecular Hbond substituents is 1. The minimum absolute atomic E-state index is 0.271. The number of benzene rings is 1. The number of halogens is 1. The lowest BCUT2D eigenvalue weighted by Gasteiger charge is -2.01. The van der Waals surface area contributed by atoms with Gasteiger partial charge in [-0.25, -0.2) is 4.39 Å². The van der Waals surface area contributed by atoms with Gasteiger partial charge in [-0.3, -0.25) is 4.79 Å². The number of aromatic hydroxyl groups is 1. The Bertz CT molecular complexity index is 284. The highest BCUT2D eigenvalue weighted by atomic mass is 19.1. The number of aryl methyl sites for hydroxylation is 1. The Balaban J connectivity index is 3.27. The van der Waals surface area contributed by atoms with E-state index >= 15 is 0 Å². The van der Waals surface area contributed by atoms with Gasteiger partial charge in [0.05, 0.1) is 5.56 Å². The van der Waals surface area contributed by atoms with Crippen molar-refractivity contribution >= 4 is 6.29 Å². The van der Waals surface area contributed by atoms with Crippen LogP contribution in [-0.2, 0) is 6.42 Å². The SMILES string of the molecule is CCc1cc(O)c(C=O)c(F)c1. The molecule has 0 amide bonds. The fraction of sp³-hybridized carbons (Fsp3) is 0.222. The molecule has 0 atom stereocenters. The van der Waals surface area contributed by atoms with Crippen molar-refractivity contribution in [2.24, 2.45) is 0 Å². The van der Waals surface area contributed by atoms with Gasteiger partial charge in [0, 0.05) is 0 Å². The van der Waals surface area contributed by atoms with Gasteiger partial charge in [-0.1, -0.05) is 6.92 Å². The minimum Gasteiger partial charge on any atom is -0.507 e. The molecule has 1 rings (SSSR count). The van der Waals surface area contributed by atoms with Crippen molar-refractivity contribution in [3.8, 4) is 5.75 Å². The number of rotatable bonds is 2. The molecule has 0 aliphatic rings. The summed E-state index contributed by atoms with van der Waals surface area (Å²) in [5.41, 5.74) is 0.405. The Morgan fingerprint density at radius 1 is 1.58 bits per heavy atom. The molecule has 0 saturated heterocycles. The van der Waals surface area contributed by atoms with E-state index in [1.54, 1.807) is 0 Å². The monoisotopic (exact) mass is 168 g/mol. The third-order valence-electron chi connectivity index (χ3n) is 1.69. The second-order valence-corrected chi connectivity index (χ2v) is 2.48. The molecule has 0 aliphatic heterocycles. The standard InChI is InChI=1S/C9H9FO2/c1-2-6-3-8(10)7(5-11)9(12)4-6/h3-5,12H,2H2,1H3. The highest BCUT2D eigenvalue weighted by Crippen LogP contribution is 2.20. The Labute approximate surface area is 69.6 Å². The van der Waals surface area contributed by atoms with Crippen molar-refractivity contribution in [1.82, 2.24) is 0 Å². The quantitative estimate of drug-likeness (QED) is 0.685. The molecule has 0 aromatic heterocycles. The van der Waals surface area contributed by atoms with Gasteiger partial charge in [0.25, 0.3) is 0 Å². The molecule has 0 fully saturated rings. The van der Waals surface area contributed by atoms with Crippen molar-refractivity contribution in [3.63, 3.8) is 0 Å². The van der Waals surface area contributed by atoms with Crippen LogP contribution in [0.5, 0.6) is 5.75 Å². The van der Waals surface area contributed by atoms with Gasteiger partial charge in [-0.05, 0) is 24.1 Å². The predicted octanol–water partition coefficient (Wildman–Crippen LogP) is 1.91. The first kappa shape index (κ1) is 8.71. The van der Waals surface area contributed by atoms with Gasteiger partial charge >= 0.3 is 0 Å². The second-order valence-electron chi connectivity index (χ2n) is 2.48. The summed E-state index contributed by atoms with van der Waals surface area (Å²) in [6.45, 7) is 1.84. The summed E-state index contributed by atoms with van der Waals surface area (Å²) in [7, 11) is 0. The normalized spacial score (nSPS) is 9.83. The molecule has 12 heavy (non-hydrogen) atoms. The molecular formula is C9H9FO2. The highest BCUT2D eigenvalue weighted by Gasteiger charge is 2.07. The van der Waals surface area contributed by atoms with E-state index in [0.717, 1.165) is 0 Å². The average Bonchev–Trinajstić information content (AvgIpc) is 2.03. The van der Waals surface area contributed by atoms with E-state index in [1.165, 1.54) is 12.1 Å². The number of hydrogen-bond acceptors (Lipinski definition) is 2. The summed E-state index contributed by atoms with van der Waals surface area (Å²) in [6.07, 6.45) is 0.938. The van der Waals surface area contributed by atoms with Crippen LogP contribution in [0.2, 0.25) is 0 Å². The van der Waals surface area contributed by atoms with E-state index in [-0.39, 0.29) is 11.3 Å². The summed E-state index contributed by atoms with van der Waals surface area (Å²) in [5.74, 6) is -0.955. The zero-order valence-electron chi connectivity index (χ0n) is 6.67. The van der Waals surface area contributed by atoms with Gasteiger partial charge in [0.2, 0.25) is 0 Å². The van der Waals surface area contributed by atoms with Gasteiger partial charge in [0.15, 0.2) is 6.29 Å². The molecule has 1 N–H and O–H groups in total. The summed E-state index contributed by atoms with van der Waals surface area (Å²) in [6, 6.07) is 2.65. The van der Waals surface area contributed by atoms with Crippen LogP contribution >= 0.6 is 0 Å². The molecule has 0 unspecified atom stereocenters. The van der Waals surface area contributed by atoms with E-state index in [1.807, 2.05) is 6.92 Å². The first-order chi connectivity index (χ1) is 5.69.